The lowest BCUT2D eigenvalue weighted by Crippen LogP contribution is -2.30. The van der Waals surface area contributed by atoms with Crippen LogP contribution in [0.4, 0.5) is 0 Å². The third-order valence-corrected chi connectivity index (χ3v) is 6.74. The molecule has 0 bridgehead atoms. The number of hydrogen-bond acceptors (Lipinski definition) is 5. The number of primary sulfonamides is 1. The Morgan fingerprint density at radius 3 is 2.52 bits per heavy atom. The number of halogens is 1. The van der Waals surface area contributed by atoms with Crippen LogP contribution in [-0.2, 0) is 21.4 Å². The first-order valence-corrected chi connectivity index (χ1v) is 10.2. The van der Waals surface area contributed by atoms with Gasteiger partial charge in [-0.1, -0.05) is 11.6 Å². The Morgan fingerprint density at radius 1 is 1.30 bits per heavy atom. The zero-order valence-corrected chi connectivity index (χ0v) is 15.4. The van der Waals surface area contributed by atoms with Crippen molar-refractivity contribution < 1.29 is 13.2 Å². The van der Waals surface area contributed by atoms with Gasteiger partial charge in [0.15, 0.2) is 0 Å². The quantitative estimate of drug-likeness (QED) is 0.742. The molecule has 0 radical (unpaired) electrons. The maximum Gasteiger partial charge on any atom is 0.247 e. The summed E-state index contributed by atoms with van der Waals surface area (Å²) in [7, 11) is -3.69. The molecule has 0 aliphatic rings. The Hall–Kier alpha value is -1.06. The summed E-state index contributed by atoms with van der Waals surface area (Å²) < 4.78 is 22.5. The number of sulfonamides is 1. The molecule has 124 valence electrons. The van der Waals surface area contributed by atoms with Crippen molar-refractivity contribution in [3.63, 3.8) is 0 Å². The fourth-order valence-corrected chi connectivity index (χ4v) is 4.43. The zero-order valence-electron chi connectivity index (χ0n) is 12.2. The molecule has 0 saturated carbocycles. The van der Waals surface area contributed by atoms with E-state index in [0.29, 0.717) is 5.02 Å². The third-order valence-electron chi connectivity index (χ3n) is 2.85. The van der Waals surface area contributed by atoms with E-state index in [4.69, 9.17) is 16.7 Å². The normalized spacial score (nSPS) is 12.8. The van der Waals surface area contributed by atoms with Crippen molar-refractivity contribution in [3.8, 4) is 0 Å². The highest BCUT2D eigenvalue weighted by Crippen LogP contribution is 2.25. The van der Waals surface area contributed by atoms with E-state index in [2.05, 4.69) is 5.32 Å². The van der Waals surface area contributed by atoms with Crippen LogP contribution in [0.5, 0.6) is 0 Å². The van der Waals surface area contributed by atoms with Gasteiger partial charge in [-0.2, -0.15) is 0 Å². The maximum atomic E-state index is 12.1. The van der Waals surface area contributed by atoms with E-state index >= 15 is 0 Å². The van der Waals surface area contributed by atoms with Crippen molar-refractivity contribution in [1.29, 1.82) is 0 Å². The van der Waals surface area contributed by atoms with Crippen molar-refractivity contribution in [2.45, 2.75) is 27.8 Å². The molecule has 2 rings (SSSR count). The number of hydrogen-bond donors (Lipinski definition) is 2. The molecule has 1 atom stereocenters. The Kier molecular flexibility index (Phi) is 6.10. The summed E-state index contributed by atoms with van der Waals surface area (Å²) in [5.41, 5.74) is 0. The summed E-state index contributed by atoms with van der Waals surface area (Å²) in [5, 5.41) is 8.20. The predicted molar refractivity (Wildman–Crippen MR) is 94.3 cm³/mol. The van der Waals surface area contributed by atoms with Crippen molar-refractivity contribution in [2.24, 2.45) is 5.14 Å². The molecule has 1 aromatic carbocycles. The van der Waals surface area contributed by atoms with E-state index in [0.717, 1.165) is 21.1 Å². The van der Waals surface area contributed by atoms with Gasteiger partial charge in [-0.3, -0.25) is 4.79 Å². The first-order chi connectivity index (χ1) is 10.8. The summed E-state index contributed by atoms with van der Waals surface area (Å²) in [6, 6.07) is 10.3. The Bertz CT molecular complexity index is 788. The van der Waals surface area contributed by atoms with Crippen molar-refractivity contribution in [2.75, 3.05) is 0 Å². The van der Waals surface area contributed by atoms with Crippen LogP contribution >= 0.6 is 34.7 Å². The van der Waals surface area contributed by atoms with E-state index in [1.807, 2.05) is 12.1 Å². The van der Waals surface area contributed by atoms with Gasteiger partial charge in [-0.05, 0) is 43.3 Å². The van der Waals surface area contributed by atoms with Crippen molar-refractivity contribution >= 4 is 50.6 Å². The molecule has 5 nitrogen and oxygen atoms in total. The molecule has 0 spiro atoms. The standard InChI is InChI=1S/C14H15ClN2O3S3/c1-9(21-11-4-2-10(15)3-5-11)14(18)17-8-12-6-7-13(22-12)23(16,19)20/h2-7,9H,8H2,1H3,(H,17,18)(H2,16,19,20). The second-order valence-corrected chi connectivity index (χ2v) is 9.50. The van der Waals surface area contributed by atoms with Gasteiger partial charge >= 0.3 is 0 Å². The number of benzene rings is 1. The number of carbonyl (C=O) groups excluding carboxylic acids is 1. The minimum Gasteiger partial charge on any atom is -0.350 e. The second kappa shape index (κ2) is 7.67. The molecule has 0 aliphatic heterocycles. The molecular formula is C14H15ClN2O3S3. The molecular weight excluding hydrogens is 376 g/mol. The van der Waals surface area contributed by atoms with Gasteiger partial charge < -0.3 is 5.32 Å². The number of amides is 1. The molecule has 2 aromatic rings. The van der Waals surface area contributed by atoms with E-state index in [1.165, 1.54) is 17.8 Å². The topological polar surface area (TPSA) is 89.3 Å². The fourth-order valence-electron chi connectivity index (χ4n) is 1.69. The third kappa shape index (κ3) is 5.50. The highest BCUT2D eigenvalue weighted by atomic mass is 35.5. The lowest BCUT2D eigenvalue weighted by Gasteiger charge is -2.11. The number of nitrogens with one attached hydrogen (secondary N) is 1. The minimum atomic E-state index is -3.69. The van der Waals surface area contributed by atoms with Crippen LogP contribution in [0, 0.1) is 0 Å². The van der Waals surface area contributed by atoms with Crippen molar-refractivity contribution in [1.82, 2.24) is 5.32 Å². The number of nitrogens with two attached hydrogens (primary N) is 1. The largest absolute Gasteiger partial charge is 0.350 e. The van der Waals surface area contributed by atoms with Crippen LogP contribution in [0.3, 0.4) is 0 Å². The van der Waals surface area contributed by atoms with Crippen LogP contribution < -0.4 is 10.5 Å². The van der Waals surface area contributed by atoms with Crippen LogP contribution in [0.25, 0.3) is 0 Å². The molecule has 3 N–H and O–H groups in total. The van der Waals surface area contributed by atoms with E-state index in [1.54, 1.807) is 25.1 Å². The van der Waals surface area contributed by atoms with Gasteiger partial charge in [-0.15, -0.1) is 23.1 Å². The van der Waals surface area contributed by atoms with E-state index < -0.39 is 10.0 Å². The number of thiophene rings is 1. The van der Waals surface area contributed by atoms with Gasteiger partial charge in [0.1, 0.15) is 4.21 Å². The first kappa shape index (κ1) is 18.3. The smallest absolute Gasteiger partial charge is 0.247 e. The monoisotopic (exact) mass is 390 g/mol. The summed E-state index contributed by atoms with van der Waals surface area (Å²) >= 11 is 8.30. The summed E-state index contributed by atoms with van der Waals surface area (Å²) in [5.74, 6) is -0.129. The van der Waals surface area contributed by atoms with Crippen molar-refractivity contribution in [3.05, 3.63) is 46.3 Å². The minimum absolute atomic E-state index is 0.0883. The molecule has 9 heteroatoms. The lowest BCUT2D eigenvalue weighted by atomic mass is 10.4. The van der Waals surface area contributed by atoms with Gasteiger partial charge in [-0.25, -0.2) is 13.6 Å². The molecule has 1 heterocycles. The average molecular weight is 391 g/mol. The molecule has 1 amide bonds. The lowest BCUT2D eigenvalue weighted by molar-refractivity contribution is -0.120. The van der Waals surface area contributed by atoms with Crippen LogP contribution in [0.15, 0.2) is 45.5 Å². The maximum absolute atomic E-state index is 12.1. The van der Waals surface area contributed by atoms with E-state index in [-0.39, 0.29) is 21.9 Å². The van der Waals surface area contributed by atoms with Gasteiger partial charge in [0, 0.05) is 14.8 Å². The first-order valence-electron chi connectivity index (χ1n) is 6.57. The molecule has 0 aliphatic carbocycles. The number of carbonyl (C=O) groups is 1. The number of thioether (sulfide) groups is 1. The summed E-state index contributed by atoms with van der Waals surface area (Å²) in [6.07, 6.45) is 0. The average Bonchev–Trinajstić information content (AvgIpc) is 2.96. The van der Waals surface area contributed by atoms with Crippen LogP contribution in [0.2, 0.25) is 5.02 Å². The Labute approximate surface area is 148 Å². The second-order valence-electron chi connectivity index (χ2n) is 4.70. The Morgan fingerprint density at radius 2 is 1.96 bits per heavy atom. The highest BCUT2D eigenvalue weighted by molar-refractivity contribution is 8.00. The van der Waals surface area contributed by atoms with Gasteiger partial charge in [0.2, 0.25) is 15.9 Å². The fraction of sp³-hybridized carbons (Fsp3) is 0.214. The Balaban J connectivity index is 1.89. The number of rotatable bonds is 6. The predicted octanol–water partition coefficient (Wildman–Crippen LogP) is 2.85. The molecule has 0 fully saturated rings. The van der Waals surface area contributed by atoms with Crippen LogP contribution in [0.1, 0.15) is 11.8 Å². The molecule has 23 heavy (non-hydrogen) atoms. The zero-order chi connectivity index (χ0) is 17.0. The van der Waals surface area contributed by atoms with E-state index in [9.17, 15) is 13.2 Å². The SMILES string of the molecule is CC(Sc1ccc(Cl)cc1)C(=O)NCc1ccc(S(N)(=O)=O)s1. The van der Waals surface area contributed by atoms with Gasteiger partial charge in [0.05, 0.1) is 11.8 Å². The summed E-state index contributed by atoms with van der Waals surface area (Å²) in [4.78, 5) is 13.8. The van der Waals surface area contributed by atoms with Gasteiger partial charge in [0.25, 0.3) is 0 Å². The summed E-state index contributed by atoms with van der Waals surface area (Å²) in [6.45, 7) is 2.07. The van der Waals surface area contributed by atoms with Crippen LogP contribution in [-0.4, -0.2) is 19.6 Å². The highest BCUT2D eigenvalue weighted by Gasteiger charge is 2.15. The molecule has 0 saturated heterocycles. The molecule has 1 aromatic heterocycles. The molecule has 1 unspecified atom stereocenters.